The highest BCUT2D eigenvalue weighted by atomic mass is 35.5. The predicted octanol–water partition coefficient (Wildman–Crippen LogP) is 1.53. The SMILES string of the molecule is NC(=O)c1cccc(CNC(=O)CS(=O)(=O)c2ccc(Cl)cc2)c1. The molecule has 0 unspecified atom stereocenters. The van der Waals surface area contributed by atoms with Crippen LogP contribution in [0.25, 0.3) is 0 Å². The Morgan fingerprint density at radius 3 is 2.38 bits per heavy atom. The van der Waals surface area contributed by atoms with Gasteiger partial charge in [0.15, 0.2) is 9.84 Å². The second kappa shape index (κ2) is 7.46. The molecule has 0 aliphatic carbocycles. The molecule has 0 atom stereocenters. The second-order valence-electron chi connectivity index (χ2n) is 5.05. The third-order valence-corrected chi connectivity index (χ3v) is 5.08. The van der Waals surface area contributed by atoms with Gasteiger partial charge in [0.05, 0.1) is 4.90 Å². The summed E-state index contributed by atoms with van der Waals surface area (Å²) >= 11 is 5.71. The van der Waals surface area contributed by atoms with Gasteiger partial charge < -0.3 is 11.1 Å². The van der Waals surface area contributed by atoms with Crippen molar-refractivity contribution in [2.75, 3.05) is 5.75 Å². The summed E-state index contributed by atoms with van der Waals surface area (Å²) in [4.78, 5) is 23.0. The number of primary amides is 1. The van der Waals surface area contributed by atoms with Gasteiger partial charge in [-0.15, -0.1) is 0 Å². The zero-order chi connectivity index (χ0) is 17.7. The number of sulfone groups is 1. The summed E-state index contributed by atoms with van der Waals surface area (Å²) in [6.07, 6.45) is 0. The third kappa shape index (κ3) is 4.81. The van der Waals surface area contributed by atoms with Crippen LogP contribution in [0.2, 0.25) is 5.02 Å². The molecule has 24 heavy (non-hydrogen) atoms. The Bertz CT molecular complexity index is 864. The maximum absolute atomic E-state index is 12.1. The van der Waals surface area contributed by atoms with E-state index in [2.05, 4.69) is 5.32 Å². The molecule has 2 aromatic carbocycles. The lowest BCUT2D eigenvalue weighted by molar-refractivity contribution is -0.118. The maximum atomic E-state index is 12.1. The Labute approximate surface area is 144 Å². The molecule has 3 N–H and O–H groups in total. The van der Waals surface area contributed by atoms with Crippen molar-refractivity contribution in [2.24, 2.45) is 5.73 Å². The molecule has 6 nitrogen and oxygen atoms in total. The molecule has 0 aliphatic heterocycles. The molecule has 2 amide bonds. The summed E-state index contributed by atoms with van der Waals surface area (Å²) in [7, 11) is -3.75. The summed E-state index contributed by atoms with van der Waals surface area (Å²) in [6.45, 7) is 0.0933. The summed E-state index contributed by atoms with van der Waals surface area (Å²) in [5.41, 5.74) is 6.14. The molecule has 2 aromatic rings. The predicted molar refractivity (Wildman–Crippen MR) is 90.3 cm³/mol. The first-order valence-corrected chi connectivity index (χ1v) is 8.95. The van der Waals surface area contributed by atoms with Crippen LogP contribution in [-0.2, 0) is 21.2 Å². The van der Waals surface area contributed by atoms with Gasteiger partial charge in [-0.05, 0) is 42.0 Å². The number of hydrogen-bond acceptors (Lipinski definition) is 4. The quantitative estimate of drug-likeness (QED) is 0.808. The standard InChI is InChI=1S/C16H15ClN2O4S/c17-13-4-6-14(7-5-13)24(22,23)10-15(20)19-9-11-2-1-3-12(8-11)16(18)21/h1-8H,9-10H2,(H2,18,21)(H,19,20). The monoisotopic (exact) mass is 366 g/mol. The van der Waals surface area contributed by atoms with Gasteiger partial charge in [-0.25, -0.2) is 8.42 Å². The lowest BCUT2D eigenvalue weighted by atomic mass is 10.1. The second-order valence-corrected chi connectivity index (χ2v) is 7.48. The van der Waals surface area contributed by atoms with Gasteiger partial charge in [0.25, 0.3) is 0 Å². The molecule has 0 aliphatic rings. The molecule has 0 heterocycles. The first-order valence-electron chi connectivity index (χ1n) is 6.92. The van der Waals surface area contributed by atoms with Crippen LogP contribution in [0, 0.1) is 0 Å². The van der Waals surface area contributed by atoms with Crippen LogP contribution in [0.15, 0.2) is 53.4 Å². The Balaban J connectivity index is 1.99. The largest absolute Gasteiger partial charge is 0.366 e. The van der Waals surface area contributed by atoms with E-state index >= 15 is 0 Å². The number of rotatable bonds is 6. The van der Waals surface area contributed by atoms with E-state index in [4.69, 9.17) is 17.3 Å². The number of nitrogens with one attached hydrogen (secondary N) is 1. The molecule has 0 saturated heterocycles. The minimum Gasteiger partial charge on any atom is -0.366 e. The number of hydrogen-bond donors (Lipinski definition) is 2. The highest BCUT2D eigenvalue weighted by Crippen LogP contribution is 2.15. The zero-order valence-electron chi connectivity index (χ0n) is 12.5. The number of halogens is 1. The van der Waals surface area contributed by atoms with Gasteiger partial charge in [0.2, 0.25) is 11.8 Å². The van der Waals surface area contributed by atoms with Crippen LogP contribution in [-0.4, -0.2) is 26.0 Å². The topological polar surface area (TPSA) is 106 Å². The Hall–Kier alpha value is -2.38. The van der Waals surface area contributed by atoms with E-state index in [1.54, 1.807) is 18.2 Å². The summed E-state index contributed by atoms with van der Waals surface area (Å²) < 4.78 is 24.3. The highest BCUT2D eigenvalue weighted by molar-refractivity contribution is 7.92. The fourth-order valence-corrected chi connectivity index (χ4v) is 3.27. The van der Waals surface area contributed by atoms with Gasteiger partial charge in [0.1, 0.15) is 5.75 Å². The minimum absolute atomic E-state index is 0.0257. The Morgan fingerprint density at radius 2 is 1.75 bits per heavy atom. The van der Waals surface area contributed by atoms with Gasteiger partial charge >= 0.3 is 0 Å². The van der Waals surface area contributed by atoms with Crippen molar-refractivity contribution in [3.63, 3.8) is 0 Å². The van der Waals surface area contributed by atoms with E-state index in [0.717, 1.165) is 0 Å². The van der Waals surface area contributed by atoms with E-state index < -0.39 is 27.4 Å². The molecule has 126 valence electrons. The van der Waals surface area contributed by atoms with E-state index in [-0.39, 0.29) is 11.4 Å². The van der Waals surface area contributed by atoms with Crippen molar-refractivity contribution in [2.45, 2.75) is 11.4 Å². The maximum Gasteiger partial charge on any atom is 0.248 e. The van der Waals surface area contributed by atoms with E-state index in [1.807, 2.05) is 0 Å². The summed E-state index contributed by atoms with van der Waals surface area (Å²) in [5.74, 6) is -1.90. The van der Waals surface area contributed by atoms with Crippen LogP contribution >= 0.6 is 11.6 Å². The van der Waals surface area contributed by atoms with Gasteiger partial charge in [-0.3, -0.25) is 9.59 Å². The van der Waals surface area contributed by atoms with Crippen molar-refractivity contribution in [1.82, 2.24) is 5.32 Å². The van der Waals surface area contributed by atoms with Crippen LogP contribution in [0.1, 0.15) is 15.9 Å². The molecule has 8 heteroatoms. The fraction of sp³-hybridized carbons (Fsp3) is 0.125. The van der Waals surface area contributed by atoms with Gasteiger partial charge in [0, 0.05) is 17.1 Å². The molecule has 0 fully saturated rings. The lowest BCUT2D eigenvalue weighted by Crippen LogP contribution is -2.30. The lowest BCUT2D eigenvalue weighted by Gasteiger charge is -2.07. The van der Waals surface area contributed by atoms with Gasteiger partial charge in [-0.2, -0.15) is 0 Å². The summed E-state index contributed by atoms with van der Waals surface area (Å²) in [5, 5.41) is 2.92. The van der Waals surface area contributed by atoms with Gasteiger partial charge in [-0.1, -0.05) is 23.7 Å². The van der Waals surface area contributed by atoms with Crippen LogP contribution < -0.4 is 11.1 Å². The molecular formula is C16H15ClN2O4S. The number of carbonyl (C=O) groups excluding carboxylic acids is 2. The smallest absolute Gasteiger partial charge is 0.248 e. The molecular weight excluding hydrogens is 352 g/mol. The van der Waals surface area contributed by atoms with Crippen molar-refractivity contribution in [3.05, 3.63) is 64.7 Å². The first kappa shape index (κ1) is 18.0. The van der Waals surface area contributed by atoms with Crippen LogP contribution in [0.3, 0.4) is 0 Å². The van der Waals surface area contributed by atoms with Crippen molar-refractivity contribution in [3.8, 4) is 0 Å². The highest BCUT2D eigenvalue weighted by Gasteiger charge is 2.19. The fourth-order valence-electron chi connectivity index (χ4n) is 1.98. The molecule has 0 saturated carbocycles. The number of nitrogens with two attached hydrogens (primary N) is 1. The van der Waals surface area contributed by atoms with E-state index in [1.165, 1.54) is 30.3 Å². The van der Waals surface area contributed by atoms with E-state index in [0.29, 0.717) is 16.1 Å². The summed E-state index contributed by atoms with van der Waals surface area (Å²) in [6, 6.07) is 12.0. The van der Waals surface area contributed by atoms with Crippen molar-refractivity contribution < 1.29 is 18.0 Å². The average molecular weight is 367 g/mol. The molecule has 0 spiro atoms. The minimum atomic E-state index is -3.75. The van der Waals surface area contributed by atoms with Crippen molar-refractivity contribution in [1.29, 1.82) is 0 Å². The van der Waals surface area contributed by atoms with Crippen molar-refractivity contribution >= 4 is 33.3 Å². The number of benzene rings is 2. The molecule has 0 radical (unpaired) electrons. The number of carbonyl (C=O) groups is 2. The third-order valence-electron chi connectivity index (χ3n) is 3.20. The average Bonchev–Trinajstić information content (AvgIpc) is 2.53. The van der Waals surface area contributed by atoms with Crippen LogP contribution in [0.5, 0.6) is 0 Å². The Morgan fingerprint density at radius 1 is 1.08 bits per heavy atom. The first-order chi connectivity index (χ1) is 11.3. The number of amides is 2. The Kier molecular flexibility index (Phi) is 5.58. The van der Waals surface area contributed by atoms with E-state index in [9.17, 15) is 18.0 Å². The molecule has 0 bridgehead atoms. The molecule has 2 rings (SSSR count). The molecule has 0 aromatic heterocycles. The van der Waals surface area contributed by atoms with Crippen LogP contribution in [0.4, 0.5) is 0 Å². The zero-order valence-corrected chi connectivity index (χ0v) is 14.1. The normalized spacial score (nSPS) is 11.0.